The number of hydrogen-bond donors (Lipinski definition) is 1. The third-order valence-electron chi connectivity index (χ3n) is 3.88. The smallest absolute Gasteiger partial charge is 0.347 e. The first kappa shape index (κ1) is 22.9. The Bertz CT molecular complexity index is 790. The molecule has 8 heteroatoms. The van der Waals surface area contributed by atoms with E-state index >= 15 is 0 Å². The molecule has 1 amide bonds. The van der Waals surface area contributed by atoms with Crippen LogP contribution in [-0.2, 0) is 14.3 Å². The van der Waals surface area contributed by atoms with E-state index < -0.39 is 24.6 Å². The molecule has 1 unspecified atom stereocenters. The molecule has 2 rings (SSSR count). The summed E-state index contributed by atoms with van der Waals surface area (Å²) in [6.45, 7) is 4.24. The van der Waals surface area contributed by atoms with Crippen molar-refractivity contribution in [3.05, 3.63) is 48.5 Å². The quantitative estimate of drug-likeness (QED) is 0.419. The molecule has 162 valence electrons. The molecule has 0 spiro atoms. The molecule has 0 fully saturated rings. The molecule has 0 heterocycles. The van der Waals surface area contributed by atoms with Crippen molar-refractivity contribution in [1.29, 1.82) is 0 Å². The maximum absolute atomic E-state index is 12.0. The highest BCUT2D eigenvalue weighted by Gasteiger charge is 2.17. The molecule has 1 atom stereocenters. The van der Waals surface area contributed by atoms with Crippen molar-refractivity contribution in [3.8, 4) is 23.0 Å². The van der Waals surface area contributed by atoms with Gasteiger partial charge >= 0.3 is 5.97 Å². The van der Waals surface area contributed by atoms with Crippen molar-refractivity contribution in [1.82, 2.24) is 5.32 Å². The number of nitrogens with one attached hydrogen (secondary N) is 1. The van der Waals surface area contributed by atoms with Gasteiger partial charge in [-0.15, -0.1) is 0 Å². The first-order valence-corrected chi connectivity index (χ1v) is 9.61. The Kier molecular flexibility index (Phi) is 9.30. The van der Waals surface area contributed by atoms with Gasteiger partial charge in [-0.3, -0.25) is 4.79 Å². The molecule has 0 saturated carbocycles. The Morgan fingerprint density at radius 2 is 1.47 bits per heavy atom. The molecule has 0 saturated heterocycles. The second kappa shape index (κ2) is 12.2. The Morgan fingerprint density at radius 3 is 2.07 bits per heavy atom. The Morgan fingerprint density at radius 1 is 0.900 bits per heavy atom. The van der Waals surface area contributed by atoms with E-state index in [2.05, 4.69) is 5.32 Å². The van der Waals surface area contributed by atoms with E-state index in [0.717, 1.165) is 5.75 Å². The highest BCUT2D eigenvalue weighted by Crippen LogP contribution is 2.18. The van der Waals surface area contributed by atoms with Crippen LogP contribution in [0, 0.1) is 0 Å². The number of hydrogen-bond acceptors (Lipinski definition) is 7. The van der Waals surface area contributed by atoms with Crippen LogP contribution in [0.4, 0.5) is 0 Å². The van der Waals surface area contributed by atoms with Crippen molar-refractivity contribution in [2.75, 3.05) is 33.5 Å². The number of amides is 1. The largest absolute Gasteiger partial charge is 0.497 e. The van der Waals surface area contributed by atoms with Crippen LogP contribution in [0.1, 0.15) is 13.8 Å². The van der Waals surface area contributed by atoms with Crippen molar-refractivity contribution in [2.45, 2.75) is 20.0 Å². The number of carbonyl (C=O) groups is 2. The van der Waals surface area contributed by atoms with E-state index in [1.54, 1.807) is 50.4 Å². The molecule has 0 aliphatic rings. The summed E-state index contributed by atoms with van der Waals surface area (Å²) in [5.41, 5.74) is 0. The van der Waals surface area contributed by atoms with Crippen LogP contribution < -0.4 is 24.3 Å². The predicted molar refractivity (Wildman–Crippen MR) is 110 cm³/mol. The second-order valence-electron chi connectivity index (χ2n) is 6.15. The number of carbonyl (C=O) groups excluding carboxylic acids is 2. The topological polar surface area (TPSA) is 92.3 Å². The monoisotopic (exact) mass is 417 g/mol. The lowest BCUT2D eigenvalue weighted by atomic mass is 10.3. The van der Waals surface area contributed by atoms with Crippen LogP contribution in [0.3, 0.4) is 0 Å². The fraction of sp³-hybridized carbons (Fsp3) is 0.364. The van der Waals surface area contributed by atoms with Gasteiger partial charge in [-0.2, -0.15) is 0 Å². The Hall–Kier alpha value is -3.42. The molecule has 30 heavy (non-hydrogen) atoms. The zero-order valence-electron chi connectivity index (χ0n) is 17.4. The van der Waals surface area contributed by atoms with Gasteiger partial charge in [0.1, 0.15) is 29.6 Å². The average Bonchev–Trinajstić information content (AvgIpc) is 2.76. The van der Waals surface area contributed by atoms with Crippen LogP contribution >= 0.6 is 0 Å². The van der Waals surface area contributed by atoms with E-state index in [-0.39, 0.29) is 13.2 Å². The summed E-state index contributed by atoms with van der Waals surface area (Å²) in [6.07, 6.45) is -0.853. The first-order valence-electron chi connectivity index (χ1n) is 9.61. The van der Waals surface area contributed by atoms with Crippen molar-refractivity contribution >= 4 is 11.9 Å². The minimum absolute atomic E-state index is 0.279. The van der Waals surface area contributed by atoms with Crippen molar-refractivity contribution in [3.63, 3.8) is 0 Å². The molecule has 2 aromatic rings. The minimum Gasteiger partial charge on any atom is -0.497 e. The van der Waals surface area contributed by atoms with Gasteiger partial charge < -0.3 is 29.0 Å². The van der Waals surface area contributed by atoms with Gasteiger partial charge in [0.05, 0.1) is 20.3 Å². The predicted octanol–water partition coefficient (Wildman–Crippen LogP) is 2.60. The highest BCUT2D eigenvalue weighted by molar-refractivity contribution is 5.81. The number of ether oxygens (including phenoxy) is 5. The highest BCUT2D eigenvalue weighted by atomic mass is 16.6. The summed E-state index contributed by atoms with van der Waals surface area (Å²) in [5.74, 6) is 1.56. The van der Waals surface area contributed by atoms with Gasteiger partial charge in [0.2, 0.25) is 0 Å². The first-order chi connectivity index (χ1) is 14.5. The zero-order chi connectivity index (χ0) is 21.8. The van der Waals surface area contributed by atoms with E-state index in [9.17, 15) is 9.59 Å². The van der Waals surface area contributed by atoms with Crippen molar-refractivity contribution in [2.24, 2.45) is 0 Å². The normalized spacial score (nSPS) is 11.2. The molecule has 8 nitrogen and oxygen atoms in total. The number of methoxy groups -OCH3 is 1. The van der Waals surface area contributed by atoms with Crippen LogP contribution in [0.25, 0.3) is 0 Å². The summed E-state index contributed by atoms with van der Waals surface area (Å²) in [7, 11) is 1.56. The SMILES string of the molecule is CCOc1ccc(OCCNC(=O)COC(=O)C(C)Oc2ccc(OC)cc2)cc1. The van der Waals surface area contributed by atoms with Gasteiger partial charge in [-0.05, 0) is 62.4 Å². The van der Waals surface area contributed by atoms with Crippen molar-refractivity contribution < 1.29 is 33.3 Å². The summed E-state index contributed by atoms with van der Waals surface area (Å²) < 4.78 is 26.4. The third kappa shape index (κ3) is 7.90. The minimum atomic E-state index is -0.853. The fourth-order valence-electron chi connectivity index (χ4n) is 2.37. The number of rotatable bonds is 12. The zero-order valence-corrected chi connectivity index (χ0v) is 17.4. The van der Waals surface area contributed by atoms with E-state index in [0.29, 0.717) is 23.9 Å². The molecule has 2 aromatic carbocycles. The van der Waals surface area contributed by atoms with Crippen LogP contribution in [0.2, 0.25) is 0 Å². The summed E-state index contributed by atoms with van der Waals surface area (Å²) in [5, 5.41) is 2.62. The maximum atomic E-state index is 12.0. The van der Waals surface area contributed by atoms with E-state index in [4.69, 9.17) is 23.7 Å². The molecule has 1 N–H and O–H groups in total. The molecule has 0 aliphatic carbocycles. The summed E-state index contributed by atoms with van der Waals surface area (Å²) in [4.78, 5) is 23.8. The molecule has 0 radical (unpaired) electrons. The summed E-state index contributed by atoms with van der Waals surface area (Å²) >= 11 is 0. The molecule has 0 aromatic heterocycles. The molecular formula is C22H27NO7. The number of benzene rings is 2. The van der Waals surface area contributed by atoms with Gasteiger partial charge in [-0.25, -0.2) is 4.79 Å². The van der Waals surface area contributed by atoms with Gasteiger partial charge in [0.25, 0.3) is 5.91 Å². The Labute approximate surface area is 176 Å². The Balaban J connectivity index is 1.61. The third-order valence-corrected chi connectivity index (χ3v) is 3.88. The lowest BCUT2D eigenvalue weighted by Crippen LogP contribution is -2.34. The second-order valence-corrected chi connectivity index (χ2v) is 6.15. The van der Waals surface area contributed by atoms with Crippen LogP contribution in [0.5, 0.6) is 23.0 Å². The average molecular weight is 417 g/mol. The molecule has 0 bridgehead atoms. The van der Waals surface area contributed by atoms with Gasteiger partial charge in [0, 0.05) is 0 Å². The summed E-state index contributed by atoms with van der Waals surface area (Å²) in [6, 6.07) is 14.0. The van der Waals surface area contributed by atoms with Crippen LogP contribution in [0.15, 0.2) is 48.5 Å². The number of esters is 1. The lowest BCUT2D eigenvalue weighted by Gasteiger charge is -2.14. The maximum Gasteiger partial charge on any atom is 0.347 e. The van der Waals surface area contributed by atoms with Crippen LogP contribution in [-0.4, -0.2) is 51.5 Å². The van der Waals surface area contributed by atoms with Gasteiger partial charge in [-0.1, -0.05) is 0 Å². The lowest BCUT2D eigenvalue weighted by molar-refractivity contribution is -0.154. The molecule has 0 aliphatic heterocycles. The van der Waals surface area contributed by atoms with E-state index in [1.807, 2.05) is 19.1 Å². The van der Waals surface area contributed by atoms with Gasteiger partial charge in [0.15, 0.2) is 12.7 Å². The standard InChI is InChI=1S/C22H27NO7/c1-4-27-18-7-9-19(10-8-18)28-14-13-23-21(24)15-29-22(25)16(2)30-20-11-5-17(26-3)6-12-20/h5-12,16H,4,13-15H2,1-3H3,(H,23,24). The fourth-order valence-corrected chi connectivity index (χ4v) is 2.37. The molecular weight excluding hydrogens is 390 g/mol. The van der Waals surface area contributed by atoms with E-state index in [1.165, 1.54) is 0 Å².